The molecule has 3 N–H and O–H groups in total. The molecule has 5 nitrogen and oxygen atoms in total. The Kier molecular flexibility index (Phi) is 4.66. The van der Waals surface area contributed by atoms with Gasteiger partial charge in [-0.3, -0.25) is 4.79 Å². The molecule has 110 valence electrons. The minimum absolute atomic E-state index is 0.134. The lowest BCUT2D eigenvalue weighted by atomic mass is 10.2. The van der Waals surface area contributed by atoms with E-state index in [1.807, 2.05) is 42.3 Å². The maximum atomic E-state index is 12.1. The summed E-state index contributed by atoms with van der Waals surface area (Å²) in [6.45, 7) is 0.238. The fourth-order valence-corrected chi connectivity index (χ4v) is 2.00. The highest BCUT2D eigenvalue weighted by molar-refractivity contribution is 5.95. The van der Waals surface area contributed by atoms with Crippen molar-refractivity contribution in [1.82, 2.24) is 0 Å². The summed E-state index contributed by atoms with van der Waals surface area (Å²) in [5.74, 6) is 0.449. The number of hydrogen-bond acceptors (Lipinski definition) is 4. The van der Waals surface area contributed by atoms with Gasteiger partial charge in [-0.15, -0.1) is 0 Å². The lowest BCUT2D eigenvalue weighted by Gasteiger charge is -2.19. The van der Waals surface area contributed by atoms with Crippen molar-refractivity contribution in [1.29, 1.82) is 0 Å². The van der Waals surface area contributed by atoms with Crippen LogP contribution >= 0.6 is 0 Å². The number of hydrogen-bond donors (Lipinski definition) is 2. The number of likely N-dealkylation sites (N-methyl/N-ethyl adjacent to an activating group) is 1. The Bertz CT molecular complexity index is 614. The normalized spacial score (nSPS) is 10.0. The van der Waals surface area contributed by atoms with Crippen LogP contribution in [-0.2, 0) is 4.79 Å². The molecule has 0 aromatic heterocycles. The molecule has 0 aliphatic rings. The SMILES string of the molecule is COc1ccc(N)cc1NC(=O)CN(C)c1ccccc1. The van der Waals surface area contributed by atoms with E-state index in [-0.39, 0.29) is 12.5 Å². The van der Waals surface area contributed by atoms with Gasteiger partial charge in [0.25, 0.3) is 0 Å². The number of ether oxygens (including phenoxy) is 1. The quantitative estimate of drug-likeness (QED) is 0.828. The predicted molar refractivity (Wildman–Crippen MR) is 85.7 cm³/mol. The molecule has 0 radical (unpaired) electrons. The highest BCUT2D eigenvalue weighted by Gasteiger charge is 2.10. The molecule has 0 atom stereocenters. The van der Waals surface area contributed by atoms with Crippen molar-refractivity contribution in [3.63, 3.8) is 0 Å². The van der Waals surface area contributed by atoms with Crippen LogP contribution in [0.25, 0.3) is 0 Å². The van der Waals surface area contributed by atoms with E-state index in [9.17, 15) is 4.79 Å². The number of para-hydroxylation sites is 1. The first-order valence-electron chi connectivity index (χ1n) is 6.59. The van der Waals surface area contributed by atoms with E-state index < -0.39 is 0 Å². The largest absolute Gasteiger partial charge is 0.495 e. The summed E-state index contributed by atoms with van der Waals surface area (Å²) in [6, 6.07) is 14.8. The zero-order valence-corrected chi connectivity index (χ0v) is 12.2. The number of methoxy groups -OCH3 is 1. The van der Waals surface area contributed by atoms with E-state index >= 15 is 0 Å². The van der Waals surface area contributed by atoms with Crippen molar-refractivity contribution < 1.29 is 9.53 Å². The first-order chi connectivity index (χ1) is 10.1. The maximum Gasteiger partial charge on any atom is 0.243 e. The van der Waals surface area contributed by atoms with E-state index in [0.717, 1.165) is 5.69 Å². The monoisotopic (exact) mass is 285 g/mol. The van der Waals surface area contributed by atoms with Gasteiger partial charge >= 0.3 is 0 Å². The van der Waals surface area contributed by atoms with Crippen molar-refractivity contribution >= 4 is 23.0 Å². The summed E-state index contributed by atoms with van der Waals surface area (Å²) in [5.41, 5.74) is 7.86. The van der Waals surface area contributed by atoms with Crippen LogP contribution in [0.1, 0.15) is 0 Å². The second-order valence-electron chi connectivity index (χ2n) is 4.70. The van der Waals surface area contributed by atoms with E-state index in [0.29, 0.717) is 17.1 Å². The van der Waals surface area contributed by atoms with Crippen LogP contribution < -0.4 is 20.7 Å². The zero-order valence-electron chi connectivity index (χ0n) is 12.2. The Labute approximate surface area is 124 Å². The Morgan fingerprint density at radius 2 is 1.95 bits per heavy atom. The molecule has 21 heavy (non-hydrogen) atoms. The minimum atomic E-state index is -0.134. The molecule has 0 saturated carbocycles. The number of nitrogens with zero attached hydrogens (tertiary/aromatic N) is 1. The summed E-state index contributed by atoms with van der Waals surface area (Å²) >= 11 is 0. The highest BCUT2D eigenvalue weighted by Crippen LogP contribution is 2.26. The van der Waals surface area contributed by atoms with Gasteiger partial charge in [0.05, 0.1) is 19.3 Å². The zero-order chi connectivity index (χ0) is 15.2. The molecule has 1 amide bonds. The fraction of sp³-hybridized carbons (Fsp3) is 0.188. The third kappa shape index (κ3) is 3.89. The topological polar surface area (TPSA) is 67.6 Å². The summed E-state index contributed by atoms with van der Waals surface area (Å²) in [4.78, 5) is 14.0. The Balaban J connectivity index is 2.04. The summed E-state index contributed by atoms with van der Waals surface area (Å²) in [6.07, 6.45) is 0. The molecule has 0 aliphatic carbocycles. The van der Waals surface area contributed by atoms with Crippen LogP contribution in [0.4, 0.5) is 17.1 Å². The Hall–Kier alpha value is -2.69. The van der Waals surface area contributed by atoms with Gasteiger partial charge in [-0.05, 0) is 30.3 Å². The lowest BCUT2D eigenvalue weighted by Crippen LogP contribution is -2.30. The van der Waals surface area contributed by atoms with Gasteiger partial charge in [0.2, 0.25) is 5.91 Å². The second-order valence-corrected chi connectivity index (χ2v) is 4.70. The maximum absolute atomic E-state index is 12.1. The molecular formula is C16H19N3O2. The van der Waals surface area contributed by atoms with Crippen LogP contribution in [-0.4, -0.2) is 26.6 Å². The second kappa shape index (κ2) is 6.65. The van der Waals surface area contributed by atoms with Gasteiger partial charge in [0, 0.05) is 18.4 Å². The molecule has 2 rings (SSSR count). The number of nitrogens with two attached hydrogens (primary N) is 1. The number of rotatable bonds is 5. The first-order valence-corrected chi connectivity index (χ1v) is 6.59. The molecule has 0 heterocycles. The van der Waals surface area contributed by atoms with Crippen molar-refractivity contribution in [3.8, 4) is 5.75 Å². The third-order valence-electron chi connectivity index (χ3n) is 3.08. The summed E-state index contributed by atoms with van der Waals surface area (Å²) in [5, 5.41) is 2.82. The van der Waals surface area contributed by atoms with Crippen molar-refractivity contribution in [2.75, 3.05) is 36.7 Å². The van der Waals surface area contributed by atoms with Crippen molar-refractivity contribution in [2.45, 2.75) is 0 Å². The Morgan fingerprint density at radius 3 is 2.62 bits per heavy atom. The third-order valence-corrected chi connectivity index (χ3v) is 3.08. The van der Waals surface area contributed by atoms with Crippen LogP contribution in [0.15, 0.2) is 48.5 Å². The predicted octanol–water partition coefficient (Wildman–Crippen LogP) is 2.35. The number of amides is 1. The molecule has 2 aromatic carbocycles. The lowest BCUT2D eigenvalue weighted by molar-refractivity contribution is -0.114. The molecule has 2 aromatic rings. The molecule has 0 bridgehead atoms. The van der Waals surface area contributed by atoms with E-state index in [1.165, 1.54) is 0 Å². The van der Waals surface area contributed by atoms with Gasteiger partial charge < -0.3 is 20.7 Å². The van der Waals surface area contributed by atoms with E-state index in [4.69, 9.17) is 10.5 Å². The minimum Gasteiger partial charge on any atom is -0.495 e. The molecular weight excluding hydrogens is 266 g/mol. The van der Waals surface area contributed by atoms with Gasteiger partial charge in [0.15, 0.2) is 0 Å². The first kappa shape index (κ1) is 14.7. The molecule has 0 fully saturated rings. The number of nitrogen functional groups attached to an aromatic ring is 1. The average Bonchev–Trinajstić information content (AvgIpc) is 2.48. The van der Waals surface area contributed by atoms with Crippen LogP contribution in [0.5, 0.6) is 5.75 Å². The van der Waals surface area contributed by atoms with Gasteiger partial charge in [0.1, 0.15) is 5.75 Å². The average molecular weight is 285 g/mol. The van der Waals surface area contributed by atoms with Gasteiger partial charge in [-0.25, -0.2) is 0 Å². The number of anilines is 3. The summed E-state index contributed by atoms with van der Waals surface area (Å²) in [7, 11) is 3.42. The smallest absolute Gasteiger partial charge is 0.243 e. The van der Waals surface area contributed by atoms with E-state index in [1.54, 1.807) is 25.3 Å². The number of carbonyl (C=O) groups excluding carboxylic acids is 1. The van der Waals surface area contributed by atoms with Crippen molar-refractivity contribution in [2.24, 2.45) is 0 Å². The van der Waals surface area contributed by atoms with Crippen LogP contribution in [0.2, 0.25) is 0 Å². The van der Waals surface area contributed by atoms with Crippen molar-refractivity contribution in [3.05, 3.63) is 48.5 Å². The molecule has 5 heteroatoms. The highest BCUT2D eigenvalue weighted by atomic mass is 16.5. The van der Waals surface area contributed by atoms with Gasteiger partial charge in [-0.1, -0.05) is 18.2 Å². The van der Waals surface area contributed by atoms with Gasteiger partial charge in [-0.2, -0.15) is 0 Å². The Morgan fingerprint density at radius 1 is 1.24 bits per heavy atom. The summed E-state index contributed by atoms with van der Waals surface area (Å²) < 4.78 is 5.21. The van der Waals surface area contributed by atoms with E-state index in [2.05, 4.69) is 5.32 Å². The molecule has 0 saturated heterocycles. The molecule has 0 aliphatic heterocycles. The standard InChI is InChI=1S/C16H19N3O2/c1-19(13-6-4-3-5-7-13)11-16(20)18-14-10-12(17)8-9-15(14)21-2/h3-10H,11,17H2,1-2H3,(H,18,20). The number of nitrogens with one attached hydrogen (secondary N) is 1. The number of carbonyl (C=O) groups is 1. The molecule has 0 spiro atoms. The molecule has 0 unspecified atom stereocenters. The fourth-order valence-electron chi connectivity index (χ4n) is 2.00. The van der Waals surface area contributed by atoms with Crippen LogP contribution in [0, 0.1) is 0 Å². The number of benzene rings is 2. The van der Waals surface area contributed by atoms with Crippen LogP contribution in [0.3, 0.4) is 0 Å².